The Morgan fingerprint density at radius 1 is 0.973 bits per heavy atom. The van der Waals surface area contributed by atoms with Gasteiger partial charge in [0.15, 0.2) is 17.6 Å². The summed E-state index contributed by atoms with van der Waals surface area (Å²) in [6.07, 6.45) is 2.10. The molecule has 0 aromatic heterocycles. The number of unbranched alkanes of at least 4 members (excludes halogenated alkanes) is 1. The van der Waals surface area contributed by atoms with E-state index in [1.165, 1.54) is 7.11 Å². The molecule has 3 atom stereocenters. The summed E-state index contributed by atoms with van der Waals surface area (Å²) in [5.74, 6) is 3.03. The second kappa shape index (κ2) is 12.9. The zero-order chi connectivity index (χ0) is 27.1. The maximum Gasteiger partial charge on any atom is 0.310 e. The van der Waals surface area contributed by atoms with Gasteiger partial charge in [-0.1, -0.05) is 70.5 Å². The molecule has 0 heterocycles. The van der Waals surface area contributed by atoms with Crippen LogP contribution in [0.15, 0.2) is 72.2 Å². The molecule has 3 rings (SSSR count). The van der Waals surface area contributed by atoms with Crippen LogP contribution in [0.25, 0.3) is 0 Å². The molecule has 0 bridgehead atoms. The van der Waals surface area contributed by atoms with Gasteiger partial charge in [-0.3, -0.25) is 4.79 Å². The average Bonchev–Trinajstić information content (AvgIpc) is 2.87. The zero-order valence-electron chi connectivity index (χ0n) is 23.3. The summed E-state index contributed by atoms with van der Waals surface area (Å²) in [5.41, 5.74) is 0. The van der Waals surface area contributed by atoms with Gasteiger partial charge >= 0.3 is 5.97 Å². The Balaban J connectivity index is 2.18. The van der Waals surface area contributed by atoms with Crippen molar-refractivity contribution in [2.24, 2.45) is 5.92 Å². The Labute approximate surface area is 228 Å². The molecule has 0 unspecified atom stereocenters. The minimum atomic E-state index is -2.28. The fraction of sp³-hybridized carbons (Fsp3) is 0.500. The number of ether oxygens (including phenoxy) is 3. The Kier molecular flexibility index (Phi) is 10.2. The summed E-state index contributed by atoms with van der Waals surface area (Å²) in [5, 5.41) is -0.270. The van der Waals surface area contributed by atoms with Gasteiger partial charge in [0.05, 0.1) is 18.3 Å². The maximum absolute atomic E-state index is 13.2. The number of thioether (sulfide) groups is 1. The third-order valence-corrected chi connectivity index (χ3v) is 12.9. The quantitative estimate of drug-likeness (QED) is 0.164. The van der Waals surface area contributed by atoms with Gasteiger partial charge < -0.3 is 18.6 Å². The Bertz CT molecular complexity index is 1030. The first kappa shape index (κ1) is 29.2. The van der Waals surface area contributed by atoms with Gasteiger partial charge in [-0.25, -0.2) is 0 Å². The molecule has 0 N–H and O–H groups in total. The lowest BCUT2D eigenvalue weighted by molar-refractivity contribution is -0.146. The highest BCUT2D eigenvalue weighted by molar-refractivity contribution is 8.00. The van der Waals surface area contributed by atoms with Crippen molar-refractivity contribution in [3.8, 4) is 11.5 Å². The van der Waals surface area contributed by atoms with E-state index in [0.29, 0.717) is 23.7 Å². The SMILES string of the molecule is CCCCS[C@H]1C(Oc2ccccc2)=C(O[Si](C)(C)C(C)(C)C)[C@@H](Oc2ccccc2)C[C@H]1C(=O)OC. The molecule has 0 spiro atoms. The topological polar surface area (TPSA) is 54.0 Å². The number of esters is 1. The number of para-hydroxylation sites is 2. The Morgan fingerprint density at radius 2 is 1.57 bits per heavy atom. The molecule has 37 heavy (non-hydrogen) atoms. The van der Waals surface area contributed by atoms with E-state index in [1.807, 2.05) is 60.7 Å². The van der Waals surface area contributed by atoms with Gasteiger partial charge in [0.1, 0.15) is 11.5 Å². The molecule has 202 valence electrons. The number of hydrogen-bond acceptors (Lipinski definition) is 6. The predicted molar refractivity (Wildman–Crippen MR) is 155 cm³/mol. The van der Waals surface area contributed by atoms with Crippen molar-refractivity contribution >= 4 is 26.0 Å². The molecule has 0 saturated carbocycles. The lowest BCUT2D eigenvalue weighted by atomic mass is 9.89. The van der Waals surface area contributed by atoms with Crippen LogP contribution in [0.3, 0.4) is 0 Å². The minimum Gasteiger partial charge on any atom is -0.542 e. The third kappa shape index (κ3) is 7.57. The summed E-state index contributed by atoms with van der Waals surface area (Å²) in [7, 11) is -0.828. The standard InChI is InChI=1S/C30H42O5SSi/c1-8-9-20-36-28-24(29(31)32-5)21-25(33-22-16-12-10-13-17-22)26(35-37(6,7)30(2,3)4)27(28)34-23-18-14-11-15-19-23/h10-19,24-25,28H,8-9,20-21H2,1-7H3/t24-,25+,28-/m1/s1. The van der Waals surface area contributed by atoms with E-state index in [2.05, 4.69) is 40.8 Å². The summed E-state index contributed by atoms with van der Waals surface area (Å²) in [6, 6.07) is 19.4. The largest absolute Gasteiger partial charge is 0.542 e. The van der Waals surface area contributed by atoms with Crippen molar-refractivity contribution in [2.45, 2.75) is 76.4 Å². The van der Waals surface area contributed by atoms with E-state index in [0.717, 1.165) is 24.3 Å². The highest BCUT2D eigenvalue weighted by atomic mass is 32.2. The third-order valence-electron chi connectivity index (χ3n) is 7.09. The Hall–Kier alpha value is -2.38. The Morgan fingerprint density at radius 3 is 2.11 bits per heavy atom. The van der Waals surface area contributed by atoms with Gasteiger partial charge in [-0.15, -0.1) is 11.8 Å². The monoisotopic (exact) mass is 542 g/mol. The number of rotatable bonds is 11. The van der Waals surface area contributed by atoms with E-state index >= 15 is 0 Å². The lowest BCUT2D eigenvalue weighted by Gasteiger charge is -2.43. The van der Waals surface area contributed by atoms with Crippen molar-refractivity contribution in [3.63, 3.8) is 0 Å². The van der Waals surface area contributed by atoms with Crippen LogP contribution >= 0.6 is 11.8 Å². The molecule has 0 saturated heterocycles. The first-order chi connectivity index (χ1) is 17.6. The number of hydrogen-bond donors (Lipinski definition) is 0. The minimum absolute atomic E-state index is 0.0286. The van der Waals surface area contributed by atoms with Gasteiger partial charge in [-0.05, 0) is 54.6 Å². The summed E-state index contributed by atoms with van der Waals surface area (Å²) in [6.45, 7) is 13.3. The van der Waals surface area contributed by atoms with E-state index in [-0.39, 0.29) is 16.3 Å². The number of benzene rings is 2. The van der Waals surface area contributed by atoms with Crippen molar-refractivity contribution in [1.82, 2.24) is 0 Å². The first-order valence-corrected chi connectivity index (χ1v) is 17.1. The van der Waals surface area contributed by atoms with Crippen LogP contribution in [0.2, 0.25) is 18.1 Å². The summed E-state index contributed by atoms with van der Waals surface area (Å²) in [4.78, 5) is 13.2. The second-order valence-electron chi connectivity index (χ2n) is 10.9. The van der Waals surface area contributed by atoms with Crippen LogP contribution in [-0.4, -0.2) is 38.5 Å². The van der Waals surface area contributed by atoms with Crippen molar-refractivity contribution in [2.75, 3.05) is 12.9 Å². The van der Waals surface area contributed by atoms with Crippen molar-refractivity contribution < 1.29 is 23.4 Å². The van der Waals surface area contributed by atoms with E-state index in [4.69, 9.17) is 18.6 Å². The van der Waals surface area contributed by atoms with Crippen LogP contribution in [0.5, 0.6) is 11.5 Å². The normalized spacial score (nSPS) is 20.4. The first-order valence-electron chi connectivity index (χ1n) is 13.1. The maximum atomic E-state index is 13.2. The molecule has 1 aliphatic rings. The highest BCUT2D eigenvalue weighted by Crippen LogP contribution is 2.45. The molecule has 0 fully saturated rings. The van der Waals surface area contributed by atoms with Gasteiger partial charge in [0.25, 0.3) is 0 Å². The van der Waals surface area contributed by atoms with Crippen LogP contribution < -0.4 is 9.47 Å². The number of carbonyl (C=O) groups is 1. The molecular formula is C30H42O5SSi. The van der Waals surface area contributed by atoms with Crippen molar-refractivity contribution in [1.29, 1.82) is 0 Å². The zero-order valence-corrected chi connectivity index (χ0v) is 25.1. The van der Waals surface area contributed by atoms with Crippen molar-refractivity contribution in [3.05, 3.63) is 72.2 Å². The van der Waals surface area contributed by atoms with Crippen LogP contribution in [0, 0.1) is 5.92 Å². The fourth-order valence-electron chi connectivity index (χ4n) is 3.89. The fourth-order valence-corrected chi connectivity index (χ4v) is 6.46. The molecule has 0 radical (unpaired) electrons. The van der Waals surface area contributed by atoms with Gasteiger partial charge in [-0.2, -0.15) is 0 Å². The average molecular weight is 543 g/mol. The van der Waals surface area contributed by atoms with Crippen LogP contribution in [-0.2, 0) is 14.0 Å². The van der Waals surface area contributed by atoms with Crippen LogP contribution in [0.4, 0.5) is 0 Å². The molecule has 1 aliphatic carbocycles. The van der Waals surface area contributed by atoms with E-state index in [9.17, 15) is 4.79 Å². The number of methoxy groups -OCH3 is 1. The van der Waals surface area contributed by atoms with Crippen LogP contribution in [0.1, 0.15) is 47.0 Å². The second-order valence-corrected chi connectivity index (χ2v) is 16.9. The molecule has 2 aromatic carbocycles. The molecule has 0 aliphatic heterocycles. The number of carbonyl (C=O) groups excluding carboxylic acids is 1. The van der Waals surface area contributed by atoms with Gasteiger partial charge in [0, 0.05) is 6.42 Å². The molecule has 5 nitrogen and oxygen atoms in total. The predicted octanol–water partition coefficient (Wildman–Crippen LogP) is 7.84. The molecule has 0 amide bonds. The molecule has 7 heteroatoms. The van der Waals surface area contributed by atoms with E-state index < -0.39 is 20.3 Å². The van der Waals surface area contributed by atoms with Gasteiger partial charge in [0.2, 0.25) is 8.32 Å². The van der Waals surface area contributed by atoms with E-state index in [1.54, 1.807) is 11.8 Å². The lowest BCUT2D eigenvalue weighted by Crippen LogP contribution is -2.48. The summed E-state index contributed by atoms with van der Waals surface area (Å²) < 4.78 is 25.5. The molecule has 2 aromatic rings. The highest BCUT2D eigenvalue weighted by Gasteiger charge is 2.49. The smallest absolute Gasteiger partial charge is 0.310 e. The molecular weight excluding hydrogens is 500 g/mol. The summed E-state index contributed by atoms with van der Waals surface area (Å²) >= 11 is 1.74.